The first kappa shape index (κ1) is 21.4. The third kappa shape index (κ3) is 4.13. The van der Waals surface area contributed by atoms with Crippen LogP contribution in [0.1, 0.15) is 11.5 Å². The SMILES string of the molecule is COc1ccc(OCC(=O)N(Cc2nnc3c4ccccc4c(C)nn23)c2ccccc2)cc1. The normalized spacial score (nSPS) is 11.0. The van der Waals surface area contributed by atoms with Crippen LogP contribution in [0.15, 0.2) is 78.9 Å². The van der Waals surface area contributed by atoms with Gasteiger partial charge in [-0.15, -0.1) is 10.2 Å². The van der Waals surface area contributed by atoms with Crippen molar-refractivity contribution >= 4 is 28.0 Å². The monoisotopic (exact) mass is 453 g/mol. The van der Waals surface area contributed by atoms with Gasteiger partial charge in [-0.2, -0.15) is 9.61 Å². The second-order valence-corrected chi connectivity index (χ2v) is 7.76. The van der Waals surface area contributed by atoms with E-state index in [1.54, 1.807) is 40.8 Å². The van der Waals surface area contributed by atoms with Crippen LogP contribution in [0, 0.1) is 6.92 Å². The third-order valence-electron chi connectivity index (χ3n) is 5.60. The molecule has 1 amide bonds. The number of hydrogen-bond acceptors (Lipinski definition) is 6. The first-order valence-electron chi connectivity index (χ1n) is 10.9. The Morgan fingerprint density at radius 1 is 0.882 bits per heavy atom. The molecular formula is C26H23N5O3. The Kier molecular flexibility index (Phi) is 5.78. The van der Waals surface area contributed by atoms with Crippen LogP contribution in [0.5, 0.6) is 11.5 Å². The Balaban J connectivity index is 1.44. The van der Waals surface area contributed by atoms with Gasteiger partial charge >= 0.3 is 0 Å². The summed E-state index contributed by atoms with van der Waals surface area (Å²) in [5.41, 5.74) is 2.26. The van der Waals surface area contributed by atoms with E-state index < -0.39 is 0 Å². The summed E-state index contributed by atoms with van der Waals surface area (Å²) < 4.78 is 12.6. The highest BCUT2D eigenvalue weighted by Crippen LogP contribution is 2.23. The third-order valence-corrected chi connectivity index (χ3v) is 5.60. The molecule has 0 saturated carbocycles. The maximum atomic E-state index is 13.3. The summed E-state index contributed by atoms with van der Waals surface area (Å²) in [6, 6.07) is 24.5. The lowest BCUT2D eigenvalue weighted by molar-refractivity contribution is -0.120. The Morgan fingerprint density at radius 3 is 2.29 bits per heavy atom. The number of nitrogens with zero attached hydrogens (tertiary/aromatic N) is 5. The van der Waals surface area contributed by atoms with Crippen molar-refractivity contribution in [2.24, 2.45) is 0 Å². The molecule has 5 aromatic rings. The summed E-state index contributed by atoms with van der Waals surface area (Å²) in [5, 5.41) is 15.4. The smallest absolute Gasteiger partial charge is 0.265 e. The Labute approximate surface area is 196 Å². The quantitative estimate of drug-likeness (QED) is 0.367. The van der Waals surface area contributed by atoms with Crippen molar-refractivity contribution in [3.05, 3.63) is 90.4 Å². The van der Waals surface area contributed by atoms with Gasteiger partial charge in [-0.1, -0.05) is 42.5 Å². The molecule has 0 spiro atoms. The zero-order valence-corrected chi connectivity index (χ0v) is 18.9. The molecule has 0 fully saturated rings. The van der Waals surface area contributed by atoms with E-state index in [-0.39, 0.29) is 19.1 Å². The van der Waals surface area contributed by atoms with Gasteiger partial charge in [-0.25, -0.2) is 0 Å². The lowest BCUT2D eigenvalue weighted by Crippen LogP contribution is -2.35. The van der Waals surface area contributed by atoms with Crippen LogP contribution >= 0.6 is 0 Å². The number of rotatable bonds is 7. The van der Waals surface area contributed by atoms with E-state index in [1.165, 1.54) is 0 Å². The molecule has 0 unspecified atom stereocenters. The fourth-order valence-electron chi connectivity index (χ4n) is 3.85. The lowest BCUT2D eigenvalue weighted by Gasteiger charge is -2.22. The highest BCUT2D eigenvalue weighted by molar-refractivity contribution is 5.95. The summed E-state index contributed by atoms with van der Waals surface area (Å²) in [4.78, 5) is 14.9. The van der Waals surface area contributed by atoms with Crippen LogP contribution in [-0.4, -0.2) is 39.4 Å². The summed E-state index contributed by atoms with van der Waals surface area (Å²) >= 11 is 0. The molecule has 8 heteroatoms. The van der Waals surface area contributed by atoms with Gasteiger partial charge in [0.1, 0.15) is 11.5 Å². The highest BCUT2D eigenvalue weighted by atomic mass is 16.5. The zero-order valence-electron chi connectivity index (χ0n) is 18.9. The summed E-state index contributed by atoms with van der Waals surface area (Å²) in [6.45, 7) is 2.02. The number of para-hydroxylation sites is 1. The van der Waals surface area contributed by atoms with Crippen LogP contribution in [-0.2, 0) is 11.3 Å². The number of amides is 1. The van der Waals surface area contributed by atoms with Gasteiger partial charge in [0.15, 0.2) is 18.1 Å². The topological polar surface area (TPSA) is 81.9 Å². The van der Waals surface area contributed by atoms with Crippen molar-refractivity contribution in [1.29, 1.82) is 0 Å². The van der Waals surface area contributed by atoms with Gasteiger partial charge in [-0.3, -0.25) is 4.79 Å². The first-order chi connectivity index (χ1) is 16.6. The standard InChI is InChI=1S/C26H23N5O3/c1-18-22-10-6-7-11-23(22)26-28-27-24(31(26)29-18)16-30(19-8-4-3-5-9-19)25(32)17-34-21-14-12-20(33-2)13-15-21/h3-15H,16-17H2,1-2H3. The van der Waals surface area contributed by atoms with Gasteiger partial charge in [0.05, 0.1) is 19.3 Å². The van der Waals surface area contributed by atoms with Gasteiger partial charge < -0.3 is 14.4 Å². The van der Waals surface area contributed by atoms with Gasteiger partial charge in [-0.05, 0) is 43.3 Å². The number of aromatic nitrogens is 4. The minimum Gasteiger partial charge on any atom is -0.497 e. The van der Waals surface area contributed by atoms with Crippen molar-refractivity contribution in [2.45, 2.75) is 13.5 Å². The molecule has 0 aliphatic carbocycles. The molecule has 170 valence electrons. The number of methoxy groups -OCH3 is 1. The molecule has 3 aromatic carbocycles. The molecule has 0 bridgehead atoms. The average Bonchev–Trinajstić information content (AvgIpc) is 3.29. The number of benzene rings is 3. The lowest BCUT2D eigenvalue weighted by atomic mass is 10.1. The molecule has 8 nitrogen and oxygen atoms in total. The molecule has 5 rings (SSSR count). The van der Waals surface area contributed by atoms with E-state index in [4.69, 9.17) is 14.6 Å². The maximum Gasteiger partial charge on any atom is 0.265 e. The summed E-state index contributed by atoms with van der Waals surface area (Å²) in [7, 11) is 1.60. The van der Waals surface area contributed by atoms with E-state index in [9.17, 15) is 4.79 Å². The Morgan fingerprint density at radius 2 is 1.56 bits per heavy atom. The second kappa shape index (κ2) is 9.19. The minimum absolute atomic E-state index is 0.132. The molecule has 0 radical (unpaired) electrons. The molecule has 0 atom stereocenters. The molecule has 34 heavy (non-hydrogen) atoms. The van der Waals surface area contributed by atoms with Crippen LogP contribution in [0.3, 0.4) is 0 Å². The second-order valence-electron chi connectivity index (χ2n) is 7.76. The van der Waals surface area contributed by atoms with Crippen molar-refractivity contribution in [3.8, 4) is 11.5 Å². The van der Waals surface area contributed by atoms with Crippen LogP contribution < -0.4 is 14.4 Å². The number of aryl methyl sites for hydroxylation is 1. The highest BCUT2D eigenvalue weighted by Gasteiger charge is 2.21. The van der Waals surface area contributed by atoms with Gasteiger partial charge in [0, 0.05) is 16.5 Å². The molecule has 2 heterocycles. The summed E-state index contributed by atoms with van der Waals surface area (Å²) in [5.74, 6) is 1.65. The van der Waals surface area contributed by atoms with Gasteiger partial charge in [0.2, 0.25) is 0 Å². The van der Waals surface area contributed by atoms with E-state index >= 15 is 0 Å². The van der Waals surface area contributed by atoms with Crippen molar-refractivity contribution < 1.29 is 14.3 Å². The van der Waals surface area contributed by atoms with Crippen LogP contribution in [0.4, 0.5) is 5.69 Å². The predicted octanol–water partition coefficient (Wildman–Crippen LogP) is 4.21. The fourth-order valence-corrected chi connectivity index (χ4v) is 3.85. The van der Waals surface area contributed by atoms with E-state index in [1.807, 2.05) is 61.5 Å². The number of fused-ring (bicyclic) bond motifs is 3. The van der Waals surface area contributed by atoms with E-state index in [2.05, 4.69) is 10.2 Å². The largest absolute Gasteiger partial charge is 0.497 e. The molecule has 0 aliphatic heterocycles. The van der Waals surface area contributed by atoms with Crippen LogP contribution in [0.2, 0.25) is 0 Å². The number of carbonyl (C=O) groups is 1. The van der Waals surface area contributed by atoms with Crippen LogP contribution in [0.25, 0.3) is 16.4 Å². The fraction of sp³-hybridized carbons (Fsp3) is 0.154. The molecular weight excluding hydrogens is 430 g/mol. The molecule has 0 saturated heterocycles. The average molecular weight is 454 g/mol. The van der Waals surface area contributed by atoms with E-state index in [0.29, 0.717) is 17.2 Å². The maximum absolute atomic E-state index is 13.3. The Hall–Kier alpha value is -4.46. The van der Waals surface area contributed by atoms with Crippen molar-refractivity contribution in [3.63, 3.8) is 0 Å². The number of carbonyl (C=O) groups excluding carboxylic acids is 1. The number of anilines is 1. The minimum atomic E-state index is -0.212. The van der Waals surface area contributed by atoms with Gasteiger partial charge in [0.25, 0.3) is 5.91 Å². The van der Waals surface area contributed by atoms with E-state index in [0.717, 1.165) is 27.9 Å². The zero-order chi connectivity index (χ0) is 23.5. The number of ether oxygens (including phenoxy) is 2. The molecule has 0 N–H and O–H groups in total. The molecule has 0 aliphatic rings. The number of hydrogen-bond donors (Lipinski definition) is 0. The van der Waals surface area contributed by atoms with Crippen molar-refractivity contribution in [1.82, 2.24) is 19.8 Å². The Bertz CT molecular complexity index is 1450. The van der Waals surface area contributed by atoms with Crippen molar-refractivity contribution in [2.75, 3.05) is 18.6 Å². The summed E-state index contributed by atoms with van der Waals surface area (Å²) in [6.07, 6.45) is 0. The predicted molar refractivity (Wildman–Crippen MR) is 129 cm³/mol. The molecule has 2 aromatic heterocycles. The first-order valence-corrected chi connectivity index (χ1v) is 10.9.